The molecule has 0 saturated heterocycles. The molecule has 0 aliphatic heterocycles. The lowest BCUT2D eigenvalue weighted by atomic mass is 10.1. The number of aryl methyl sites for hydroxylation is 1. The second-order valence-electron chi connectivity index (χ2n) is 4.25. The molecular weight excluding hydrogens is 243 g/mol. The van der Waals surface area contributed by atoms with E-state index in [1.807, 2.05) is 6.20 Å². The Kier molecular flexibility index (Phi) is 4.14. The van der Waals surface area contributed by atoms with Crippen LogP contribution >= 0.6 is 0 Å². The van der Waals surface area contributed by atoms with Gasteiger partial charge in [-0.2, -0.15) is 10.4 Å². The van der Waals surface area contributed by atoms with Crippen LogP contribution in [0, 0.1) is 17.1 Å². The van der Waals surface area contributed by atoms with Crippen molar-refractivity contribution in [1.29, 1.82) is 5.26 Å². The van der Waals surface area contributed by atoms with E-state index in [-0.39, 0.29) is 5.82 Å². The van der Waals surface area contributed by atoms with Crippen LogP contribution in [0.3, 0.4) is 0 Å². The van der Waals surface area contributed by atoms with Gasteiger partial charge in [0.05, 0.1) is 12.3 Å². The summed E-state index contributed by atoms with van der Waals surface area (Å²) in [6, 6.07) is 7.68. The zero-order valence-corrected chi connectivity index (χ0v) is 10.7. The molecule has 1 aromatic carbocycles. The Morgan fingerprint density at radius 3 is 3.05 bits per heavy atom. The molecule has 0 fully saturated rings. The number of nitrogens with zero attached hydrogens (tertiary/aromatic N) is 3. The fourth-order valence-corrected chi connectivity index (χ4v) is 1.82. The first kappa shape index (κ1) is 13.1. The van der Waals surface area contributed by atoms with Gasteiger partial charge in [0, 0.05) is 24.0 Å². The fourth-order valence-electron chi connectivity index (χ4n) is 1.82. The third-order valence-electron chi connectivity index (χ3n) is 2.70. The number of halogens is 1. The number of rotatable bonds is 5. The van der Waals surface area contributed by atoms with Gasteiger partial charge in [-0.15, -0.1) is 0 Å². The number of benzene rings is 1. The number of aromatic nitrogens is 2. The lowest BCUT2D eigenvalue weighted by molar-refractivity contribution is 0.602. The first-order valence-corrected chi connectivity index (χ1v) is 6.17. The molecule has 98 valence electrons. The molecule has 1 aromatic heterocycles. The Labute approximate surface area is 111 Å². The van der Waals surface area contributed by atoms with Crippen molar-refractivity contribution in [2.45, 2.75) is 25.9 Å². The van der Waals surface area contributed by atoms with Gasteiger partial charge in [0.15, 0.2) is 0 Å². The Morgan fingerprint density at radius 1 is 1.53 bits per heavy atom. The van der Waals surface area contributed by atoms with Crippen LogP contribution in [0.4, 0.5) is 10.1 Å². The van der Waals surface area contributed by atoms with E-state index in [1.165, 1.54) is 12.1 Å². The predicted molar refractivity (Wildman–Crippen MR) is 70.9 cm³/mol. The average Bonchev–Trinajstić information content (AvgIpc) is 2.85. The van der Waals surface area contributed by atoms with E-state index < -0.39 is 6.04 Å². The first-order chi connectivity index (χ1) is 9.22. The van der Waals surface area contributed by atoms with Crippen LogP contribution < -0.4 is 5.32 Å². The highest BCUT2D eigenvalue weighted by molar-refractivity contribution is 5.47. The summed E-state index contributed by atoms with van der Waals surface area (Å²) < 4.78 is 14.9. The summed E-state index contributed by atoms with van der Waals surface area (Å²) in [5.74, 6) is -0.330. The number of nitrogens with one attached hydrogen (secondary N) is 1. The zero-order chi connectivity index (χ0) is 13.7. The topological polar surface area (TPSA) is 53.6 Å². The normalized spacial score (nSPS) is 11.8. The molecule has 0 aliphatic carbocycles. The van der Waals surface area contributed by atoms with Gasteiger partial charge in [-0.25, -0.2) is 4.39 Å². The molecule has 1 heterocycles. The molecule has 0 aliphatic rings. The zero-order valence-electron chi connectivity index (χ0n) is 10.7. The smallest absolute Gasteiger partial charge is 0.143 e. The van der Waals surface area contributed by atoms with Crippen molar-refractivity contribution in [3.63, 3.8) is 0 Å². The molecule has 19 heavy (non-hydrogen) atoms. The van der Waals surface area contributed by atoms with Crippen molar-refractivity contribution < 1.29 is 4.39 Å². The van der Waals surface area contributed by atoms with Crippen molar-refractivity contribution in [2.24, 2.45) is 0 Å². The lowest BCUT2D eigenvalue weighted by Gasteiger charge is -2.11. The Morgan fingerprint density at radius 2 is 2.37 bits per heavy atom. The number of nitriles is 1. The minimum absolute atomic E-state index is 0.330. The van der Waals surface area contributed by atoms with E-state index >= 15 is 0 Å². The molecule has 2 rings (SSSR count). The highest BCUT2D eigenvalue weighted by Gasteiger charge is 2.12. The SMILES string of the molecule is CCCn1cc(C(C#N)Nc2cccc(F)c2)cn1. The molecule has 1 unspecified atom stereocenters. The van der Waals surface area contributed by atoms with E-state index in [1.54, 1.807) is 23.0 Å². The molecule has 1 N–H and O–H groups in total. The van der Waals surface area contributed by atoms with E-state index in [0.29, 0.717) is 5.69 Å². The van der Waals surface area contributed by atoms with E-state index in [4.69, 9.17) is 0 Å². The van der Waals surface area contributed by atoms with Crippen LogP contribution in [-0.2, 0) is 6.54 Å². The molecule has 0 spiro atoms. The summed E-state index contributed by atoms with van der Waals surface area (Å²) in [5, 5.41) is 16.4. The van der Waals surface area contributed by atoms with E-state index in [9.17, 15) is 9.65 Å². The van der Waals surface area contributed by atoms with Crippen molar-refractivity contribution in [3.8, 4) is 6.07 Å². The van der Waals surface area contributed by atoms with Crippen molar-refractivity contribution in [3.05, 3.63) is 48.0 Å². The van der Waals surface area contributed by atoms with Gasteiger partial charge in [-0.3, -0.25) is 4.68 Å². The molecule has 0 radical (unpaired) electrons. The van der Waals surface area contributed by atoms with Gasteiger partial charge in [-0.05, 0) is 24.6 Å². The molecule has 5 heteroatoms. The second kappa shape index (κ2) is 6.01. The van der Waals surface area contributed by atoms with Gasteiger partial charge in [-0.1, -0.05) is 13.0 Å². The summed E-state index contributed by atoms with van der Waals surface area (Å²) in [5.41, 5.74) is 1.36. The molecular formula is C14H15FN4. The Balaban J connectivity index is 2.13. The van der Waals surface area contributed by atoms with Gasteiger partial charge in [0.1, 0.15) is 11.9 Å². The van der Waals surface area contributed by atoms with Crippen LogP contribution in [-0.4, -0.2) is 9.78 Å². The van der Waals surface area contributed by atoms with Crippen molar-refractivity contribution in [2.75, 3.05) is 5.32 Å². The van der Waals surface area contributed by atoms with Crippen LogP contribution in [0.15, 0.2) is 36.7 Å². The maximum Gasteiger partial charge on any atom is 0.143 e. The fraction of sp³-hybridized carbons (Fsp3) is 0.286. The molecule has 0 amide bonds. The predicted octanol–water partition coefficient (Wildman–Crippen LogP) is 3.11. The largest absolute Gasteiger partial charge is 0.366 e. The Hall–Kier alpha value is -2.35. The van der Waals surface area contributed by atoms with Crippen LogP contribution in [0.5, 0.6) is 0 Å². The summed E-state index contributed by atoms with van der Waals surface area (Å²) in [7, 11) is 0. The number of hydrogen-bond donors (Lipinski definition) is 1. The number of anilines is 1. The van der Waals surface area contributed by atoms with Crippen molar-refractivity contribution >= 4 is 5.69 Å². The van der Waals surface area contributed by atoms with Crippen LogP contribution in [0.1, 0.15) is 24.9 Å². The first-order valence-electron chi connectivity index (χ1n) is 6.17. The van der Waals surface area contributed by atoms with Crippen LogP contribution in [0.2, 0.25) is 0 Å². The molecule has 0 saturated carbocycles. The second-order valence-corrected chi connectivity index (χ2v) is 4.25. The van der Waals surface area contributed by atoms with Crippen molar-refractivity contribution in [1.82, 2.24) is 9.78 Å². The highest BCUT2D eigenvalue weighted by atomic mass is 19.1. The monoisotopic (exact) mass is 258 g/mol. The molecule has 1 atom stereocenters. The lowest BCUT2D eigenvalue weighted by Crippen LogP contribution is -2.08. The summed E-state index contributed by atoms with van der Waals surface area (Å²) >= 11 is 0. The van der Waals surface area contributed by atoms with Gasteiger partial charge < -0.3 is 5.32 Å². The number of hydrogen-bond acceptors (Lipinski definition) is 3. The minimum atomic E-state index is -0.535. The van der Waals surface area contributed by atoms with Gasteiger partial charge >= 0.3 is 0 Å². The van der Waals surface area contributed by atoms with Gasteiger partial charge in [0.25, 0.3) is 0 Å². The average molecular weight is 258 g/mol. The van der Waals surface area contributed by atoms with E-state index in [2.05, 4.69) is 23.4 Å². The highest BCUT2D eigenvalue weighted by Crippen LogP contribution is 2.19. The maximum atomic E-state index is 13.1. The summed E-state index contributed by atoms with van der Waals surface area (Å²) in [4.78, 5) is 0. The third kappa shape index (κ3) is 3.32. The maximum absolute atomic E-state index is 13.1. The quantitative estimate of drug-likeness (QED) is 0.896. The van der Waals surface area contributed by atoms with E-state index in [0.717, 1.165) is 18.5 Å². The minimum Gasteiger partial charge on any atom is -0.366 e. The Bertz CT molecular complexity index is 585. The molecule has 2 aromatic rings. The molecule has 4 nitrogen and oxygen atoms in total. The third-order valence-corrected chi connectivity index (χ3v) is 2.70. The summed E-state index contributed by atoms with van der Waals surface area (Å²) in [6.45, 7) is 2.88. The van der Waals surface area contributed by atoms with Crippen LogP contribution in [0.25, 0.3) is 0 Å². The summed E-state index contributed by atoms with van der Waals surface area (Å²) in [6.07, 6.45) is 4.48. The molecule has 0 bridgehead atoms. The standard InChI is InChI=1S/C14H15FN4/c1-2-6-19-10-11(9-17-19)14(8-16)18-13-5-3-4-12(15)7-13/h3-5,7,9-10,14,18H,2,6H2,1H3. The van der Waals surface area contributed by atoms with Gasteiger partial charge in [0.2, 0.25) is 0 Å².